The van der Waals surface area contributed by atoms with E-state index in [1.165, 1.54) is 19.1 Å². The summed E-state index contributed by atoms with van der Waals surface area (Å²) in [7, 11) is 0. The lowest BCUT2D eigenvalue weighted by molar-refractivity contribution is -0.115. The van der Waals surface area contributed by atoms with Gasteiger partial charge >= 0.3 is 0 Å². The number of halogens is 3. The van der Waals surface area contributed by atoms with Gasteiger partial charge in [-0.3, -0.25) is 9.78 Å². The summed E-state index contributed by atoms with van der Waals surface area (Å²) >= 11 is 6.02. The average molecular weight is 477 g/mol. The second-order valence-corrected chi connectivity index (χ2v) is 8.42. The van der Waals surface area contributed by atoms with Crippen LogP contribution in [0.5, 0.6) is 0 Å². The number of nitrogens with one attached hydrogen (secondary N) is 1. The lowest BCUT2D eigenvalue weighted by atomic mass is 9.96. The van der Waals surface area contributed by atoms with E-state index in [0.717, 1.165) is 22.3 Å². The van der Waals surface area contributed by atoms with E-state index in [2.05, 4.69) is 10.3 Å². The van der Waals surface area contributed by atoms with Gasteiger partial charge in [0.25, 0.3) is 5.92 Å². The van der Waals surface area contributed by atoms with E-state index in [1.807, 2.05) is 60.8 Å². The van der Waals surface area contributed by atoms with Gasteiger partial charge in [0.15, 0.2) is 0 Å². The van der Waals surface area contributed by atoms with E-state index in [9.17, 15) is 13.6 Å². The molecule has 4 aromatic rings. The minimum Gasteiger partial charge on any atom is -0.326 e. The molecule has 1 amide bonds. The number of hydrogen-bond acceptors (Lipinski definition) is 2. The average Bonchev–Trinajstić information content (AvgIpc) is 2.85. The first-order chi connectivity index (χ1) is 16.4. The Hall–Kier alpha value is -3.57. The predicted molar refractivity (Wildman–Crippen MR) is 133 cm³/mol. The van der Waals surface area contributed by atoms with Crippen molar-refractivity contribution < 1.29 is 13.6 Å². The molecule has 0 unspecified atom stereocenters. The van der Waals surface area contributed by atoms with Crippen molar-refractivity contribution in [2.75, 3.05) is 5.32 Å². The fourth-order valence-electron chi connectivity index (χ4n) is 3.70. The van der Waals surface area contributed by atoms with Crippen molar-refractivity contribution >= 4 is 23.2 Å². The maximum Gasteiger partial charge on any atom is 0.273 e. The molecule has 1 aromatic heterocycles. The Bertz CT molecular complexity index is 1270. The highest BCUT2D eigenvalue weighted by molar-refractivity contribution is 6.30. The maximum atomic E-state index is 13.8. The molecule has 4 rings (SSSR count). The Morgan fingerprint density at radius 1 is 0.882 bits per heavy atom. The van der Waals surface area contributed by atoms with Crippen molar-refractivity contribution in [3.63, 3.8) is 0 Å². The van der Waals surface area contributed by atoms with Crippen molar-refractivity contribution in [1.29, 1.82) is 0 Å². The molecule has 0 saturated heterocycles. The zero-order valence-corrected chi connectivity index (χ0v) is 19.3. The number of carbonyl (C=O) groups is 1. The summed E-state index contributed by atoms with van der Waals surface area (Å²) in [5.41, 5.74) is 5.28. The van der Waals surface area contributed by atoms with Crippen molar-refractivity contribution in [2.24, 2.45) is 0 Å². The van der Waals surface area contributed by atoms with Crippen LogP contribution in [0.2, 0.25) is 5.02 Å². The Balaban J connectivity index is 1.45. The number of aromatic nitrogens is 1. The van der Waals surface area contributed by atoms with Crippen LogP contribution in [0.3, 0.4) is 0 Å². The van der Waals surface area contributed by atoms with Gasteiger partial charge in [0.05, 0.1) is 6.42 Å². The van der Waals surface area contributed by atoms with Gasteiger partial charge in [0, 0.05) is 40.7 Å². The molecule has 172 valence electrons. The van der Waals surface area contributed by atoms with Crippen molar-refractivity contribution in [1.82, 2.24) is 4.98 Å². The van der Waals surface area contributed by atoms with Crippen LogP contribution in [0.15, 0.2) is 91.3 Å². The second kappa shape index (κ2) is 10.1. The zero-order chi connectivity index (χ0) is 24.1. The molecule has 0 aliphatic rings. The Kier molecular flexibility index (Phi) is 7.03. The number of amides is 1. The Morgan fingerprint density at radius 3 is 2.15 bits per heavy atom. The van der Waals surface area contributed by atoms with Crippen molar-refractivity contribution in [2.45, 2.75) is 25.7 Å². The molecule has 1 heterocycles. The van der Waals surface area contributed by atoms with E-state index < -0.39 is 5.92 Å². The molecule has 0 spiro atoms. The molecule has 1 N–H and O–H groups in total. The SMILES string of the molecule is CCC(F)(F)c1ccc(CC(=O)Nc2ccc(-c3ccncc3-c3ccc(Cl)cc3)cc2)cc1. The third-order valence-corrected chi connectivity index (χ3v) is 5.89. The molecule has 0 fully saturated rings. The molecule has 0 aliphatic carbocycles. The molecule has 6 heteroatoms. The van der Waals surface area contributed by atoms with Crippen LogP contribution < -0.4 is 5.32 Å². The van der Waals surface area contributed by atoms with E-state index in [0.29, 0.717) is 16.3 Å². The fourth-order valence-corrected chi connectivity index (χ4v) is 3.83. The molecule has 34 heavy (non-hydrogen) atoms. The summed E-state index contributed by atoms with van der Waals surface area (Å²) in [4.78, 5) is 16.7. The van der Waals surface area contributed by atoms with E-state index in [4.69, 9.17) is 11.6 Å². The first-order valence-electron chi connectivity index (χ1n) is 10.9. The van der Waals surface area contributed by atoms with Crippen LogP contribution in [-0.4, -0.2) is 10.9 Å². The molecule has 0 bridgehead atoms. The smallest absolute Gasteiger partial charge is 0.273 e. The van der Waals surface area contributed by atoms with Gasteiger partial charge in [-0.05, 0) is 52.6 Å². The van der Waals surface area contributed by atoms with Gasteiger partial charge < -0.3 is 5.32 Å². The molecule has 0 atom stereocenters. The lowest BCUT2D eigenvalue weighted by Crippen LogP contribution is -2.15. The van der Waals surface area contributed by atoms with Gasteiger partial charge in [-0.25, -0.2) is 8.78 Å². The number of hydrogen-bond donors (Lipinski definition) is 1. The maximum absolute atomic E-state index is 13.8. The van der Waals surface area contributed by atoms with Gasteiger partial charge in [-0.15, -0.1) is 0 Å². The molecule has 3 aromatic carbocycles. The number of benzene rings is 3. The normalized spacial score (nSPS) is 11.3. The van der Waals surface area contributed by atoms with Crippen LogP contribution in [0.1, 0.15) is 24.5 Å². The standard InChI is InChI=1S/C28H23ClF2N2O/c1-2-28(30,31)22-9-3-19(4-10-22)17-27(34)33-24-13-7-20(8-14-24)25-15-16-32-18-26(25)21-5-11-23(29)12-6-21/h3-16,18H,2,17H2,1H3,(H,33,34). The number of alkyl halides is 2. The van der Waals surface area contributed by atoms with Crippen LogP contribution >= 0.6 is 11.6 Å². The molecule has 0 saturated carbocycles. The van der Waals surface area contributed by atoms with Crippen LogP contribution in [0, 0.1) is 0 Å². The number of nitrogens with zero attached hydrogens (tertiary/aromatic N) is 1. The summed E-state index contributed by atoms with van der Waals surface area (Å²) < 4.78 is 27.5. The zero-order valence-electron chi connectivity index (χ0n) is 18.6. The highest BCUT2D eigenvalue weighted by atomic mass is 35.5. The quantitative estimate of drug-likeness (QED) is 0.296. The highest BCUT2D eigenvalue weighted by Crippen LogP contribution is 2.33. The molecule has 3 nitrogen and oxygen atoms in total. The second-order valence-electron chi connectivity index (χ2n) is 7.99. The first kappa shape index (κ1) is 23.6. The summed E-state index contributed by atoms with van der Waals surface area (Å²) in [6.45, 7) is 1.44. The lowest BCUT2D eigenvalue weighted by Gasteiger charge is -2.14. The topological polar surface area (TPSA) is 42.0 Å². The Morgan fingerprint density at radius 2 is 1.50 bits per heavy atom. The van der Waals surface area contributed by atoms with Gasteiger partial charge in [-0.1, -0.05) is 67.1 Å². The number of pyridine rings is 1. The third kappa shape index (κ3) is 5.49. The van der Waals surface area contributed by atoms with E-state index >= 15 is 0 Å². The van der Waals surface area contributed by atoms with Crippen LogP contribution in [0.25, 0.3) is 22.3 Å². The van der Waals surface area contributed by atoms with Gasteiger partial charge in [0.2, 0.25) is 5.91 Å². The number of carbonyl (C=O) groups excluding carboxylic acids is 1. The minimum atomic E-state index is -2.86. The largest absolute Gasteiger partial charge is 0.326 e. The summed E-state index contributed by atoms with van der Waals surface area (Å²) in [5.74, 6) is -3.07. The Labute approximate surface area is 202 Å². The number of anilines is 1. The summed E-state index contributed by atoms with van der Waals surface area (Å²) in [6, 6.07) is 23.0. The van der Waals surface area contributed by atoms with Crippen LogP contribution in [0.4, 0.5) is 14.5 Å². The van der Waals surface area contributed by atoms with Crippen LogP contribution in [-0.2, 0) is 17.1 Å². The van der Waals surface area contributed by atoms with Gasteiger partial charge in [0.1, 0.15) is 0 Å². The molecule has 0 radical (unpaired) electrons. The monoisotopic (exact) mass is 476 g/mol. The molecule has 0 aliphatic heterocycles. The van der Waals surface area contributed by atoms with Gasteiger partial charge in [-0.2, -0.15) is 0 Å². The first-order valence-corrected chi connectivity index (χ1v) is 11.3. The minimum absolute atomic E-state index is 0.0381. The predicted octanol–water partition coefficient (Wildman–Crippen LogP) is 7.75. The molecular formula is C28H23ClF2N2O. The summed E-state index contributed by atoms with van der Waals surface area (Å²) in [6.07, 6.45) is 3.40. The van der Waals surface area contributed by atoms with Crippen molar-refractivity contribution in [3.05, 3.63) is 107 Å². The summed E-state index contributed by atoms with van der Waals surface area (Å²) in [5, 5.41) is 3.53. The van der Waals surface area contributed by atoms with E-state index in [-0.39, 0.29) is 24.3 Å². The highest BCUT2D eigenvalue weighted by Gasteiger charge is 2.28. The fraction of sp³-hybridized carbons (Fsp3) is 0.143. The van der Waals surface area contributed by atoms with Crippen molar-refractivity contribution in [3.8, 4) is 22.3 Å². The number of rotatable bonds is 7. The molecular weight excluding hydrogens is 454 g/mol. The third-order valence-electron chi connectivity index (χ3n) is 5.64. The van der Waals surface area contributed by atoms with E-state index in [1.54, 1.807) is 18.3 Å².